The van der Waals surface area contributed by atoms with Gasteiger partial charge < -0.3 is 0 Å². The first-order chi connectivity index (χ1) is 19.8. The lowest BCUT2D eigenvalue weighted by molar-refractivity contribution is 1.08. The fraction of sp³-hybridized carbons (Fsp3) is 0. The number of hydrogen-bond donors (Lipinski definition) is 0. The Balaban J connectivity index is 1.43. The van der Waals surface area contributed by atoms with Crippen LogP contribution >= 0.6 is 11.3 Å². The molecule has 0 aliphatic heterocycles. The summed E-state index contributed by atoms with van der Waals surface area (Å²) in [4.78, 5) is 10.5. The van der Waals surface area contributed by atoms with Crippen molar-refractivity contribution in [3.8, 4) is 17.2 Å². The minimum Gasteiger partial charge on any atom is -0.293 e. The largest absolute Gasteiger partial charge is 0.293 e. The zero-order chi connectivity index (χ0) is 26.2. The standard InChI is InChI=1S/C36H21N3S/c1-2-11-23-21-31-28(20-22(23)10-1)24-12-4-7-17-30(24)39(31)36-25-13-3-6-16-29(25)37-35(38-36)27-15-9-19-33-34(27)26-14-5-8-18-32(26)40-33/h1-21H. The number of thiophene rings is 1. The molecule has 0 saturated heterocycles. The highest BCUT2D eigenvalue weighted by Crippen LogP contribution is 2.41. The topological polar surface area (TPSA) is 30.7 Å². The molecule has 186 valence electrons. The van der Waals surface area contributed by atoms with E-state index in [-0.39, 0.29) is 0 Å². The van der Waals surface area contributed by atoms with E-state index < -0.39 is 0 Å². The molecule has 0 bridgehead atoms. The maximum Gasteiger partial charge on any atom is 0.162 e. The fourth-order valence-corrected chi connectivity index (χ4v) is 7.33. The van der Waals surface area contributed by atoms with Crippen molar-refractivity contribution in [2.75, 3.05) is 0 Å². The minimum atomic E-state index is 0.745. The van der Waals surface area contributed by atoms with Gasteiger partial charge in [0.2, 0.25) is 0 Å². The van der Waals surface area contributed by atoms with Crippen LogP contribution in [0, 0.1) is 0 Å². The van der Waals surface area contributed by atoms with Gasteiger partial charge in [0.25, 0.3) is 0 Å². The molecule has 0 spiro atoms. The van der Waals surface area contributed by atoms with Gasteiger partial charge in [-0.1, -0.05) is 84.9 Å². The number of benzene rings is 6. The molecule has 0 aliphatic rings. The second-order valence-electron chi connectivity index (χ2n) is 10.2. The highest BCUT2D eigenvalue weighted by atomic mass is 32.1. The number of fused-ring (bicyclic) bond motifs is 8. The van der Waals surface area contributed by atoms with Crippen LogP contribution < -0.4 is 0 Å². The van der Waals surface area contributed by atoms with Crippen LogP contribution in [-0.4, -0.2) is 14.5 Å². The summed E-state index contributed by atoms with van der Waals surface area (Å²) in [6.45, 7) is 0. The van der Waals surface area contributed by atoms with Crippen LogP contribution in [-0.2, 0) is 0 Å². The van der Waals surface area contributed by atoms with Crippen LogP contribution in [0.25, 0.3) is 80.9 Å². The van der Waals surface area contributed by atoms with Crippen LogP contribution in [0.4, 0.5) is 0 Å². The van der Waals surface area contributed by atoms with E-state index in [4.69, 9.17) is 9.97 Å². The highest BCUT2D eigenvalue weighted by Gasteiger charge is 2.19. The third-order valence-corrected chi connectivity index (χ3v) is 9.11. The molecular weight excluding hydrogens is 506 g/mol. The maximum atomic E-state index is 5.39. The molecule has 40 heavy (non-hydrogen) atoms. The van der Waals surface area contributed by atoms with Crippen molar-refractivity contribution in [2.24, 2.45) is 0 Å². The van der Waals surface area contributed by atoms with Crippen LogP contribution in [0.2, 0.25) is 0 Å². The average molecular weight is 528 g/mol. The smallest absolute Gasteiger partial charge is 0.162 e. The lowest BCUT2D eigenvalue weighted by atomic mass is 10.1. The third-order valence-electron chi connectivity index (χ3n) is 7.98. The molecule has 4 heteroatoms. The van der Waals surface area contributed by atoms with E-state index >= 15 is 0 Å². The molecule has 0 N–H and O–H groups in total. The van der Waals surface area contributed by atoms with Crippen LogP contribution in [0.1, 0.15) is 0 Å². The molecule has 0 fully saturated rings. The number of hydrogen-bond acceptors (Lipinski definition) is 3. The molecule has 0 radical (unpaired) electrons. The monoisotopic (exact) mass is 527 g/mol. The zero-order valence-electron chi connectivity index (χ0n) is 21.4. The Kier molecular flexibility index (Phi) is 4.48. The first-order valence-corrected chi connectivity index (χ1v) is 14.2. The van der Waals surface area contributed by atoms with Crippen LogP contribution in [0.5, 0.6) is 0 Å². The van der Waals surface area contributed by atoms with Crippen LogP contribution in [0.3, 0.4) is 0 Å². The summed E-state index contributed by atoms with van der Waals surface area (Å²) in [5, 5.41) is 8.40. The predicted octanol–water partition coefficient (Wildman–Crippen LogP) is 9.91. The summed E-state index contributed by atoms with van der Waals surface area (Å²) in [6, 6.07) is 45.3. The second kappa shape index (κ2) is 8.22. The van der Waals surface area contributed by atoms with E-state index in [1.54, 1.807) is 0 Å². The Morgan fingerprint density at radius 3 is 2.10 bits per heavy atom. The third kappa shape index (κ3) is 3.05. The number of rotatable bonds is 2. The minimum absolute atomic E-state index is 0.745. The fourth-order valence-electron chi connectivity index (χ4n) is 6.20. The van der Waals surface area contributed by atoms with E-state index in [1.165, 1.54) is 41.7 Å². The van der Waals surface area contributed by atoms with Gasteiger partial charge in [-0.3, -0.25) is 4.57 Å². The lowest BCUT2D eigenvalue weighted by Crippen LogP contribution is -2.02. The SMILES string of the molecule is c1ccc2cc3c(cc2c1)c1ccccc1n3-c1nc(-c2cccc3sc4ccccc4c23)nc2ccccc12. The van der Waals surface area contributed by atoms with Gasteiger partial charge in [-0.25, -0.2) is 9.97 Å². The van der Waals surface area contributed by atoms with Gasteiger partial charge in [0.05, 0.1) is 16.6 Å². The van der Waals surface area contributed by atoms with Gasteiger partial charge in [-0.2, -0.15) is 0 Å². The summed E-state index contributed by atoms with van der Waals surface area (Å²) < 4.78 is 4.86. The zero-order valence-corrected chi connectivity index (χ0v) is 22.2. The molecule has 0 unspecified atom stereocenters. The summed E-state index contributed by atoms with van der Waals surface area (Å²) in [5.74, 6) is 1.65. The highest BCUT2D eigenvalue weighted by molar-refractivity contribution is 7.25. The molecule has 0 atom stereocenters. The van der Waals surface area contributed by atoms with Crippen molar-refractivity contribution in [2.45, 2.75) is 0 Å². The van der Waals surface area contributed by atoms with Gasteiger partial charge in [0.1, 0.15) is 5.82 Å². The van der Waals surface area contributed by atoms with E-state index in [1.807, 2.05) is 11.3 Å². The Hall–Kier alpha value is -5.06. The summed E-state index contributed by atoms with van der Waals surface area (Å²) in [5.41, 5.74) is 4.29. The van der Waals surface area contributed by atoms with Gasteiger partial charge in [-0.05, 0) is 53.2 Å². The van der Waals surface area contributed by atoms with E-state index in [9.17, 15) is 0 Å². The normalized spacial score (nSPS) is 12.0. The van der Waals surface area contributed by atoms with Gasteiger partial charge >= 0.3 is 0 Å². The molecule has 9 aromatic rings. The summed E-state index contributed by atoms with van der Waals surface area (Å²) >= 11 is 1.82. The molecule has 0 saturated carbocycles. The Morgan fingerprint density at radius 2 is 1.20 bits per heavy atom. The van der Waals surface area contributed by atoms with E-state index in [0.29, 0.717) is 0 Å². The molecule has 3 aromatic heterocycles. The number of para-hydroxylation sites is 2. The molecule has 3 heterocycles. The first-order valence-electron chi connectivity index (χ1n) is 13.4. The average Bonchev–Trinajstić information content (AvgIpc) is 3.55. The molecule has 6 aromatic carbocycles. The van der Waals surface area contributed by atoms with Crippen molar-refractivity contribution in [3.05, 3.63) is 127 Å². The first kappa shape index (κ1) is 21.8. The lowest BCUT2D eigenvalue weighted by Gasteiger charge is -2.13. The van der Waals surface area contributed by atoms with Crippen molar-refractivity contribution in [1.82, 2.24) is 14.5 Å². The van der Waals surface area contributed by atoms with Gasteiger partial charge in [0, 0.05) is 41.9 Å². The summed E-state index contributed by atoms with van der Waals surface area (Å²) in [6.07, 6.45) is 0. The predicted molar refractivity (Wildman–Crippen MR) is 170 cm³/mol. The Morgan fingerprint density at radius 1 is 0.500 bits per heavy atom. The maximum absolute atomic E-state index is 5.39. The number of aromatic nitrogens is 3. The molecular formula is C36H21N3S. The van der Waals surface area contributed by atoms with Crippen molar-refractivity contribution >= 4 is 75.0 Å². The van der Waals surface area contributed by atoms with Crippen molar-refractivity contribution in [3.63, 3.8) is 0 Å². The summed E-state index contributed by atoms with van der Waals surface area (Å²) in [7, 11) is 0. The van der Waals surface area contributed by atoms with Crippen LogP contribution in [0.15, 0.2) is 127 Å². The molecule has 3 nitrogen and oxygen atoms in total. The van der Waals surface area contributed by atoms with Crippen molar-refractivity contribution < 1.29 is 0 Å². The molecule has 9 rings (SSSR count). The Labute approximate surface area is 233 Å². The molecule has 0 aliphatic carbocycles. The molecule has 0 amide bonds. The van der Waals surface area contributed by atoms with Gasteiger partial charge in [-0.15, -0.1) is 11.3 Å². The van der Waals surface area contributed by atoms with Gasteiger partial charge in [0.15, 0.2) is 5.82 Å². The Bertz CT molecular complexity index is 2450. The van der Waals surface area contributed by atoms with Crippen molar-refractivity contribution in [1.29, 1.82) is 0 Å². The second-order valence-corrected chi connectivity index (χ2v) is 11.3. The van der Waals surface area contributed by atoms with E-state index in [2.05, 4.69) is 132 Å². The van der Waals surface area contributed by atoms with E-state index in [0.717, 1.165) is 39.1 Å². The number of nitrogens with zero attached hydrogens (tertiary/aromatic N) is 3. The quantitative estimate of drug-likeness (QED) is 0.224.